The number of hydrogen-bond donors (Lipinski definition) is 1. The number of carbonyl (C=O) groups is 1. The second kappa shape index (κ2) is 8.56. The van der Waals surface area contributed by atoms with E-state index in [4.69, 9.17) is 20.9 Å². The summed E-state index contributed by atoms with van der Waals surface area (Å²) in [7, 11) is 0. The van der Waals surface area contributed by atoms with Gasteiger partial charge in [0.1, 0.15) is 24.7 Å². The Morgan fingerprint density at radius 3 is 2.58 bits per heavy atom. The molecule has 2 heterocycles. The highest BCUT2D eigenvalue weighted by atomic mass is 35.5. The molecule has 0 aliphatic carbocycles. The molecule has 140 valence electrons. The first-order valence-corrected chi connectivity index (χ1v) is 9.32. The Morgan fingerprint density at radius 2 is 1.96 bits per heavy atom. The molecule has 26 heavy (non-hydrogen) atoms. The van der Waals surface area contributed by atoms with Crippen LogP contribution in [-0.2, 0) is 11.2 Å². The van der Waals surface area contributed by atoms with Crippen LogP contribution < -0.4 is 9.64 Å². The van der Waals surface area contributed by atoms with Crippen molar-refractivity contribution in [3.8, 4) is 5.75 Å². The number of nitrogens with zero attached hydrogens (tertiary/aromatic N) is 2. The van der Waals surface area contributed by atoms with Crippen molar-refractivity contribution in [1.29, 1.82) is 0 Å². The van der Waals surface area contributed by atoms with E-state index in [0.717, 1.165) is 55.5 Å². The van der Waals surface area contributed by atoms with Crippen LogP contribution in [0.3, 0.4) is 0 Å². The zero-order valence-electron chi connectivity index (χ0n) is 15.3. The Hall–Kier alpha value is -2.05. The Morgan fingerprint density at radius 1 is 1.27 bits per heavy atom. The van der Waals surface area contributed by atoms with Gasteiger partial charge in [-0.2, -0.15) is 0 Å². The molecule has 6 nitrogen and oxygen atoms in total. The van der Waals surface area contributed by atoms with Gasteiger partial charge in [-0.1, -0.05) is 16.8 Å². The van der Waals surface area contributed by atoms with Crippen LogP contribution in [0.15, 0.2) is 28.8 Å². The maximum Gasteiger partial charge on any atom is 0.227 e. The molecule has 1 saturated heterocycles. The van der Waals surface area contributed by atoms with Gasteiger partial charge in [-0.05, 0) is 38.1 Å². The molecular weight excluding hydrogens is 354 g/mol. The number of benzene rings is 1. The lowest BCUT2D eigenvalue weighted by atomic mass is 10.1. The number of rotatable bonds is 6. The van der Waals surface area contributed by atoms with E-state index in [-0.39, 0.29) is 5.91 Å². The second-order valence-electron chi connectivity index (χ2n) is 6.66. The summed E-state index contributed by atoms with van der Waals surface area (Å²) in [5.74, 6) is 1.72. The van der Waals surface area contributed by atoms with E-state index >= 15 is 0 Å². The molecule has 2 aromatic rings. The molecule has 0 spiro atoms. The fraction of sp³-hybridized carbons (Fsp3) is 0.474. The van der Waals surface area contributed by atoms with Crippen LogP contribution in [0.2, 0.25) is 5.02 Å². The van der Waals surface area contributed by atoms with Crippen LogP contribution in [0.1, 0.15) is 17.0 Å². The highest BCUT2D eigenvalue weighted by Crippen LogP contribution is 2.15. The predicted molar refractivity (Wildman–Crippen MR) is 98.8 cm³/mol. The van der Waals surface area contributed by atoms with Gasteiger partial charge in [0.05, 0.1) is 38.3 Å². The number of amides is 1. The SMILES string of the molecule is Cc1noc(C)c1CC(=O)N1CC[NH+](CCOc2ccc(Cl)cc2)CC1. The summed E-state index contributed by atoms with van der Waals surface area (Å²) in [6, 6.07) is 7.41. The van der Waals surface area contributed by atoms with Crippen LogP contribution in [0.25, 0.3) is 0 Å². The summed E-state index contributed by atoms with van der Waals surface area (Å²) in [6.45, 7) is 8.75. The molecule has 0 atom stereocenters. The van der Waals surface area contributed by atoms with Crippen LogP contribution in [0.5, 0.6) is 5.75 Å². The molecule has 1 amide bonds. The van der Waals surface area contributed by atoms with Gasteiger partial charge in [-0.15, -0.1) is 0 Å². The number of piperazine rings is 1. The molecule has 0 bridgehead atoms. The minimum Gasteiger partial charge on any atom is -0.488 e. The molecule has 1 aliphatic rings. The Kier molecular flexibility index (Phi) is 6.16. The van der Waals surface area contributed by atoms with Crippen LogP contribution in [0, 0.1) is 13.8 Å². The number of aryl methyl sites for hydroxylation is 2. The molecule has 7 heteroatoms. The van der Waals surface area contributed by atoms with Gasteiger partial charge >= 0.3 is 0 Å². The van der Waals surface area contributed by atoms with E-state index in [1.165, 1.54) is 4.90 Å². The maximum atomic E-state index is 12.5. The lowest BCUT2D eigenvalue weighted by molar-refractivity contribution is -0.904. The number of ether oxygens (including phenoxy) is 1. The molecule has 1 aromatic heterocycles. The minimum atomic E-state index is 0.149. The van der Waals surface area contributed by atoms with Crippen molar-refractivity contribution in [3.05, 3.63) is 46.3 Å². The number of nitrogens with one attached hydrogen (secondary N) is 1. The molecule has 1 fully saturated rings. The van der Waals surface area contributed by atoms with E-state index < -0.39 is 0 Å². The van der Waals surface area contributed by atoms with Gasteiger partial charge in [-0.25, -0.2) is 0 Å². The Bertz CT molecular complexity index is 717. The molecule has 1 aliphatic heterocycles. The van der Waals surface area contributed by atoms with Crippen molar-refractivity contribution in [2.45, 2.75) is 20.3 Å². The largest absolute Gasteiger partial charge is 0.488 e. The molecule has 1 aromatic carbocycles. The third-order valence-corrected chi connectivity index (χ3v) is 5.12. The average Bonchev–Trinajstić information content (AvgIpc) is 2.96. The first-order chi connectivity index (χ1) is 12.5. The van der Waals surface area contributed by atoms with Crippen molar-refractivity contribution in [3.63, 3.8) is 0 Å². The van der Waals surface area contributed by atoms with E-state index in [2.05, 4.69) is 5.16 Å². The van der Waals surface area contributed by atoms with Gasteiger partial charge in [0, 0.05) is 10.6 Å². The molecule has 0 unspecified atom stereocenters. The third kappa shape index (κ3) is 4.77. The molecule has 0 saturated carbocycles. The van der Waals surface area contributed by atoms with Gasteiger partial charge in [0.2, 0.25) is 5.91 Å². The Balaban J connectivity index is 1.39. The fourth-order valence-electron chi connectivity index (χ4n) is 3.18. The molecule has 0 radical (unpaired) electrons. The van der Waals surface area contributed by atoms with Crippen molar-refractivity contribution in [2.75, 3.05) is 39.3 Å². The first-order valence-electron chi connectivity index (χ1n) is 8.94. The summed E-state index contributed by atoms with van der Waals surface area (Å²) in [6.07, 6.45) is 0.371. The summed E-state index contributed by atoms with van der Waals surface area (Å²) >= 11 is 5.87. The molecule has 1 N–H and O–H groups in total. The fourth-order valence-corrected chi connectivity index (χ4v) is 3.31. The van der Waals surface area contributed by atoms with Crippen molar-refractivity contribution >= 4 is 17.5 Å². The van der Waals surface area contributed by atoms with Gasteiger partial charge in [0.15, 0.2) is 0 Å². The van der Waals surface area contributed by atoms with E-state index in [9.17, 15) is 4.79 Å². The zero-order chi connectivity index (χ0) is 18.5. The summed E-state index contributed by atoms with van der Waals surface area (Å²) in [4.78, 5) is 15.9. The van der Waals surface area contributed by atoms with Gasteiger partial charge in [-0.3, -0.25) is 4.79 Å². The van der Waals surface area contributed by atoms with Crippen LogP contribution >= 0.6 is 11.6 Å². The quantitative estimate of drug-likeness (QED) is 0.823. The second-order valence-corrected chi connectivity index (χ2v) is 7.10. The lowest BCUT2D eigenvalue weighted by Gasteiger charge is -2.32. The third-order valence-electron chi connectivity index (χ3n) is 4.87. The zero-order valence-corrected chi connectivity index (χ0v) is 16.0. The average molecular weight is 379 g/mol. The smallest absolute Gasteiger partial charge is 0.227 e. The predicted octanol–water partition coefficient (Wildman–Crippen LogP) is 1.29. The number of halogens is 1. The highest BCUT2D eigenvalue weighted by molar-refractivity contribution is 6.30. The molecule has 3 rings (SSSR count). The van der Waals surface area contributed by atoms with Crippen molar-refractivity contribution in [1.82, 2.24) is 10.1 Å². The van der Waals surface area contributed by atoms with Crippen LogP contribution in [0.4, 0.5) is 0 Å². The van der Waals surface area contributed by atoms with Gasteiger partial charge in [0.25, 0.3) is 0 Å². The van der Waals surface area contributed by atoms with E-state index in [1.54, 1.807) is 0 Å². The van der Waals surface area contributed by atoms with Crippen molar-refractivity contribution < 1.29 is 19.0 Å². The molecular formula is C19H25ClN3O3+. The topological polar surface area (TPSA) is 60.0 Å². The van der Waals surface area contributed by atoms with Crippen molar-refractivity contribution in [2.24, 2.45) is 0 Å². The maximum absolute atomic E-state index is 12.5. The highest BCUT2D eigenvalue weighted by Gasteiger charge is 2.25. The summed E-state index contributed by atoms with van der Waals surface area (Å²) in [5, 5.41) is 4.63. The number of quaternary nitrogens is 1. The number of carbonyl (C=O) groups excluding carboxylic acids is 1. The van der Waals surface area contributed by atoms with E-state index in [0.29, 0.717) is 18.1 Å². The first kappa shape index (κ1) is 18.7. The number of aromatic nitrogens is 1. The van der Waals surface area contributed by atoms with E-state index in [1.807, 2.05) is 43.0 Å². The number of hydrogen-bond acceptors (Lipinski definition) is 4. The minimum absolute atomic E-state index is 0.149. The monoisotopic (exact) mass is 378 g/mol. The lowest BCUT2D eigenvalue weighted by Crippen LogP contribution is -3.15. The normalized spacial score (nSPS) is 15.3. The summed E-state index contributed by atoms with van der Waals surface area (Å²) < 4.78 is 10.9. The van der Waals surface area contributed by atoms with Gasteiger partial charge < -0.3 is 19.1 Å². The van der Waals surface area contributed by atoms with Crippen LogP contribution in [-0.4, -0.2) is 55.3 Å². The summed E-state index contributed by atoms with van der Waals surface area (Å²) in [5.41, 5.74) is 1.72. The standard InChI is InChI=1S/C19H24ClN3O3/c1-14-18(15(2)26-21-14)13-19(24)23-9-7-22(8-10-23)11-12-25-17-5-3-16(20)4-6-17/h3-6H,7-13H2,1-2H3/p+1. The Labute approximate surface area is 158 Å².